The maximum absolute atomic E-state index is 13.2. The summed E-state index contributed by atoms with van der Waals surface area (Å²) in [7, 11) is 0. The Morgan fingerprint density at radius 1 is 1.24 bits per heavy atom. The Morgan fingerprint density at radius 2 is 1.94 bits per heavy atom. The number of piperidine rings is 1. The highest BCUT2D eigenvalue weighted by Gasteiger charge is 2.42. The van der Waals surface area contributed by atoms with Gasteiger partial charge in [-0.3, -0.25) is 4.79 Å². The van der Waals surface area contributed by atoms with Crippen molar-refractivity contribution >= 4 is 18.1 Å². The van der Waals surface area contributed by atoms with Crippen molar-refractivity contribution in [2.24, 2.45) is 0 Å². The Labute approximate surface area is 198 Å². The van der Waals surface area contributed by atoms with Crippen molar-refractivity contribution < 1.29 is 14.3 Å². The summed E-state index contributed by atoms with van der Waals surface area (Å²) < 4.78 is 5.56. The van der Waals surface area contributed by atoms with E-state index in [0.29, 0.717) is 44.8 Å². The molecule has 1 saturated heterocycles. The zero-order valence-electron chi connectivity index (χ0n) is 20.6. The summed E-state index contributed by atoms with van der Waals surface area (Å²) in [6.45, 7) is 17.1. The smallest absolute Gasteiger partial charge is 0.410 e. The van der Waals surface area contributed by atoms with E-state index in [1.807, 2.05) is 31.7 Å². The second-order valence-electron chi connectivity index (χ2n) is 10.1. The number of nitrogens with zero attached hydrogens (tertiary/aromatic N) is 2. The predicted octanol–water partition coefficient (Wildman–Crippen LogP) is 6.07. The molecule has 178 valence electrons. The SMILES string of the molecule is C=CCC1(N(Cc2cccc3c2C=CC3CC)C(=O)C=C)CCN(C(=O)OC(C)(C)C)CC1. The fourth-order valence-electron chi connectivity index (χ4n) is 5.01. The molecule has 0 bridgehead atoms. The molecule has 1 aliphatic carbocycles. The van der Waals surface area contributed by atoms with Crippen LogP contribution < -0.4 is 0 Å². The van der Waals surface area contributed by atoms with Crippen LogP contribution in [-0.4, -0.2) is 46.0 Å². The summed E-state index contributed by atoms with van der Waals surface area (Å²) in [6, 6.07) is 6.39. The fourth-order valence-corrected chi connectivity index (χ4v) is 5.01. The Balaban J connectivity index is 1.87. The lowest BCUT2D eigenvalue weighted by molar-refractivity contribution is -0.135. The van der Waals surface area contributed by atoms with Gasteiger partial charge in [-0.2, -0.15) is 0 Å². The molecule has 0 aromatic heterocycles. The normalized spacial score (nSPS) is 19.0. The lowest BCUT2D eigenvalue weighted by atomic mass is 9.81. The van der Waals surface area contributed by atoms with E-state index in [1.54, 1.807) is 4.90 Å². The van der Waals surface area contributed by atoms with Gasteiger partial charge in [0.2, 0.25) is 5.91 Å². The summed E-state index contributed by atoms with van der Waals surface area (Å²) in [5, 5.41) is 0. The number of hydrogen-bond donors (Lipinski definition) is 0. The van der Waals surface area contributed by atoms with Gasteiger partial charge in [0.1, 0.15) is 5.60 Å². The van der Waals surface area contributed by atoms with Crippen molar-refractivity contribution in [2.45, 2.75) is 77.0 Å². The zero-order valence-corrected chi connectivity index (χ0v) is 20.6. The van der Waals surface area contributed by atoms with Crippen LogP contribution in [0.4, 0.5) is 4.79 Å². The van der Waals surface area contributed by atoms with Crippen LogP contribution in [0.2, 0.25) is 0 Å². The van der Waals surface area contributed by atoms with Crippen molar-refractivity contribution in [3.8, 4) is 0 Å². The molecule has 5 nitrogen and oxygen atoms in total. The van der Waals surface area contributed by atoms with Crippen LogP contribution in [0.25, 0.3) is 6.08 Å². The Bertz CT molecular complexity index is 933. The van der Waals surface area contributed by atoms with Gasteiger partial charge in [-0.25, -0.2) is 4.79 Å². The monoisotopic (exact) mass is 450 g/mol. The van der Waals surface area contributed by atoms with Crippen LogP contribution in [0.1, 0.15) is 76.0 Å². The molecule has 2 amide bonds. The van der Waals surface area contributed by atoms with E-state index >= 15 is 0 Å². The molecular formula is C28H38N2O3. The largest absolute Gasteiger partial charge is 0.444 e. The number of benzene rings is 1. The Hall–Kier alpha value is -2.82. The van der Waals surface area contributed by atoms with E-state index in [9.17, 15) is 9.59 Å². The Kier molecular flexibility index (Phi) is 7.51. The van der Waals surface area contributed by atoms with Gasteiger partial charge in [-0.15, -0.1) is 6.58 Å². The van der Waals surface area contributed by atoms with Crippen molar-refractivity contribution in [1.82, 2.24) is 9.80 Å². The maximum atomic E-state index is 13.2. The van der Waals surface area contributed by atoms with Gasteiger partial charge in [-0.1, -0.05) is 49.9 Å². The Morgan fingerprint density at radius 3 is 2.52 bits per heavy atom. The van der Waals surface area contributed by atoms with Gasteiger partial charge >= 0.3 is 6.09 Å². The van der Waals surface area contributed by atoms with Crippen LogP contribution >= 0.6 is 0 Å². The van der Waals surface area contributed by atoms with Crippen LogP contribution in [0.15, 0.2) is 49.6 Å². The third kappa shape index (κ3) is 5.40. The summed E-state index contributed by atoms with van der Waals surface area (Å²) in [6.07, 6.45) is 10.5. The van der Waals surface area contributed by atoms with Crippen molar-refractivity contribution in [3.63, 3.8) is 0 Å². The molecule has 1 aromatic carbocycles. The molecule has 1 heterocycles. The molecule has 1 unspecified atom stereocenters. The van der Waals surface area contributed by atoms with E-state index in [0.717, 1.165) is 12.0 Å². The van der Waals surface area contributed by atoms with E-state index in [-0.39, 0.29) is 12.0 Å². The van der Waals surface area contributed by atoms with Crippen molar-refractivity contribution in [3.05, 3.63) is 66.3 Å². The van der Waals surface area contributed by atoms with E-state index in [1.165, 1.54) is 17.2 Å². The molecule has 1 aliphatic heterocycles. The zero-order chi connectivity index (χ0) is 24.2. The highest BCUT2D eigenvalue weighted by molar-refractivity contribution is 5.88. The van der Waals surface area contributed by atoms with Gasteiger partial charge in [-0.05, 0) is 69.2 Å². The van der Waals surface area contributed by atoms with E-state index in [2.05, 4.69) is 50.4 Å². The maximum Gasteiger partial charge on any atom is 0.410 e. The number of fused-ring (bicyclic) bond motifs is 1. The van der Waals surface area contributed by atoms with Crippen LogP contribution in [0.5, 0.6) is 0 Å². The van der Waals surface area contributed by atoms with Gasteiger partial charge < -0.3 is 14.5 Å². The number of carbonyl (C=O) groups is 2. The molecule has 1 fully saturated rings. The minimum atomic E-state index is -0.533. The number of ether oxygens (including phenoxy) is 1. The molecule has 1 aromatic rings. The summed E-state index contributed by atoms with van der Waals surface area (Å²) in [4.78, 5) is 29.5. The molecular weight excluding hydrogens is 412 g/mol. The van der Waals surface area contributed by atoms with Gasteiger partial charge in [0.05, 0.1) is 5.54 Å². The van der Waals surface area contributed by atoms with Gasteiger partial charge in [0.15, 0.2) is 0 Å². The number of amides is 2. The number of allylic oxidation sites excluding steroid dienone is 1. The first-order chi connectivity index (χ1) is 15.6. The molecule has 0 radical (unpaired) electrons. The minimum Gasteiger partial charge on any atom is -0.444 e. The average Bonchev–Trinajstić information content (AvgIpc) is 3.20. The van der Waals surface area contributed by atoms with Crippen LogP contribution in [0, 0.1) is 0 Å². The highest BCUT2D eigenvalue weighted by Crippen LogP contribution is 2.38. The number of hydrogen-bond acceptors (Lipinski definition) is 3. The molecule has 0 saturated carbocycles. The number of likely N-dealkylation sites (tertiary alicyclic amines) is 1. The molecule has 0 N–H and O–H groups in total. The second kappa shape index (κ2) is 9.98. The van der Waals surface area contributed by atoms with Gasteiger partial charge in [0.25, 0.3) is 0 Å². The topological polar surface area (TPSA) is 49.9 Å². The molecule has 1 atom stereocenters. The second-order valence-corrected chi connectivity index (χ2v) is 10.1. The minimum absolute atomic E-state index is 0.0887. The first-order valence-electron chi connectivity index (χ1n) is 12.0. The van der Waals surface area contributed by atoms with Crippen LogP contribution in [0.3, 0.4) is 0 Å². The molecule has 3 rings (SSSR count). The van der Waals surface area contributed by atoms with E-state index in [4.69, 9.17) is 4.74 Å². The fraction of sp³-hybridized carbons (Fsp3) is 0.500. The summed E-state index contributed by atoms with van der Waals surface area (Å²) in [5.41, 5.74) is 2.76. The number of rotatable bonds is 7. The first kappa shape index (κ1) is 24.8. The van der Waals surface area contributed by atoms with Crippen molar-refractivity contribution in [2.75, 3.05) is 13.1 Å². The standard InChI is InChI=1S/C28H38N2O3/c1-7-15-28(16-18-29(19-17-28)26(32)33-27(4,5)6)30(25(31)9-3)20-22-11-10-12-23-21(8-2)13-14-24(22)23/h7,9-14,21H,1,3,8,15-20H2,2,4-6H3. The van der Waals surface area contributed by atoms with E-state index < -0.39 is 11.1 Å². The third-order valence-corrected chi connectivity index (χ3v) is 6.78. The molecule has 0 spiro atoms. The first-order valence-corrected chi connectivity index (χ1v) is 12.0. The predicted molar refractivity (Wildman–Crippen MR) is 134 cm³/mol. The number of carbonyl (C=O) groups excluding carboxylic acids is 2. The summed E-state index contributed by atoms with van der Waals surface area (Å²) in [5.74, 6) is 0.344. The lowest BCUT2D eigenvalue weighted by Crippen LogP contribution is -2.57. The van der Waals surface area contributed by atoms with Crippen LogP contribution in [-0.2, 0) is 16.1 Å². The average molecular weight is 451 g/mol. The van der Waals surface area contributed by atoms with Gasteiger partial charge in [0, 0.05) is 25.6 Å². The third-order valence-electron chi connectivity index (χ3n) is 6.78. The molecule has 5 heteroatoms. The molecule has 33 heavy (non-hydrogen) atoms. The quantitative estimate of drug-likeness (QED) is 0.374. The molecule has 2 aliphatic rings. The van der Waals surface area contributed by atoms with Crippen molar-refractivity contribution in [1.29, 1.82) is 0 Å². The summed E-state index contributed by atoms with van der Waals surface area (Å²) >= 11 is 0. The highest BCUT2D eigenvalue weighted by atomic mass is 16.6. The lowest BCUT2D eigenvalue weighted by Gasteiger charge is -2.48.